The molecule has 0 N–H and O–H groups in total. The number of furan rings is 1. The molecule has 156 valence electrons. The Morgan fingerprint density at radius 3 is 2.62 bits per heavy atom. The Labute approximate surface area is 190 Å². The first kappa shape index (κ1) is 19.2. The van der Waals surface area contributed by atoms with Gasteiger partial charge in [-0.15, -0.1) is 11.3 Å². The van der Waals surface area contributed by atoms with Gasteiger partial charge in [0.15, 0.2) is 5.58 Å². The zero-order valence-electron chi connectivity index (χ0n) is 18.2. The maximum Gasteiger partial charge on any atom is 0.152 e. The van der Waals surface area contributed by atoms with Crippen LogP contribution in [0.3, 0.4) is 0 Å². The summed E-state index contributed by atoms with van der Waals surface area (Å²) in [6.07, 6.45) is 3.59. The maximum atomic E-state index is 5.45. The standard InChI is InChI=1S/C28H22N2OS/c1-28(2,3)21-15-19(14-17-6-4-5-7-20(17)21)26-27-18(10-12-29-26)16-25(32-27)23-8-9-24-22(30-23)11-13-31-24/h4-16H,1-3H3. The zero-order valence-corrected chi connectivity index (χ0v) is 19.0. The van der Waals surface area contributed by atoms with Crippen molar-refractivity contribution in [2.75, 3.05) is 0 Å². The molecule has 0 saturated heterocycles. The van der Waals surface area contributed by atoms with Gasteiger partial charge in [0.25, 0.3) is 0 Å². The van der Waals surface area contributed by atoms with E-state index in [1.165, 1.54) is 26.4 Å². The molecule has 6 aromatic rings. The molecule has 4 heteroatoms. The highest BCUT2D eigenvalue weighted by atomic mass is 32.1. The van der Waals surface area contributed by atoms with Crippen LogP contribution in [0.4, 0.5) is 0 Å². The van der Waals surface area contributed by atoms with Crippen LogP contribution in [0.2, 0.25) is 0 Å². The number of fused-ring (bicyclic) bond motifs is 3. The lowest BCUT2D eigenvalue weighted by molar-refractivity contribution is 0.596. The molecule has 0 aliphatic carbocycles. The average Bonchev–Trinajstić information content (AvgIpc) is 3.43. The van der Waals surface area contributed by atoms with Gasteiger partial charge < -0.3 is 4.42 Å². The fraction of sp³-hybridized carbons (Fsp3) is 0.143. The molecular formula is C28H22N2OS. The quantitative estimate of drug-likeness (QED) is 0.275. The minimum Gasteiger partial charge on any atom is -0.463 e. The predicted octanol–water partition coefficient (Wildman–Crippen LogP) is 8.22. The van der Waals surface area contributed by atoms with Crippen LogP contribution >= 0.6 is 11.3 Å². The Morgan fingerprint density at radius 2 is 1.75 bits per heavy atom. The monoisotopic (exact) mass is 434 g/mol. The second-order valence-electron chi connectivity index (χ2n) is 9.18. The van der Waals surface area contributed by atoms with E-state index in [2.05, 4.69) is 69.3 Å². The summed E-state index contributed by atoms with van der Waals surface area (Å²) < 4.78 is 6.64. The van der Waals surface area contributed by atoms with E-state index in [0.717, 1.165) is 32.9 Å². The number of hydrogen-bond acceptors (Lipinski definition) is 4. The first-order valence-electron chi connectivity index (χ1n) is 10.7. The second kappa shape index (κ2) is 7.01. The van der Waals surface area contributed by atoms with Crippen molar-refractivity contribution in [2.45, 2.75) is 26.2 Å². The Kier molecular flexibility index (Phi) is 4.21. The summed E-state index contributed by atoms with van der Waals surface area (Å²) in [7, 11) is 0. The first-order valence-corrected chi connectivity index (χ1v) is 11.6. The number of pyridine rings is 2. The van der Waals surface area contributed by atoms with Crippen LogP contribution in [0.25, 0.3) is 53.8 Å². The van der Waals surface area contributed by atoms with E-state index < -0.39 is 0 Å². The molecule has 6 rings (SSSR count). The van der Waals surface area contributed by atoms with E-state index in [1.807, 2.05) is 24.4 Å². The van der Waals surface area contributed by atoms with Crippen molar-refractivity contribution < 1.29 is 4.42 Å². The zero-order chi connectivity index (χ0) is 21.9. The van der Waals surface area contributed by atoms with Gasteiger partial charge in [0.05, 0.1) is 27.2 Å². The summed E-state index contributed by atoms with van der Waals surface area (Å²) in [6, 6.07) is 23.4. The molecule has 0 saturated carbocycles. The van der Waals surface area contributed by atoms with E-state index in [9.17, 15) is 0 Å². The summed E-state index contributed by atoms with van der Waals surface area (Å²) in [5.41, 5.74) is 6.21. The Hall–Kier alpha value is -3.50. The third kappa shape index (κ3) is 3.10. The lowest BCUT2D eigenvalue weighted by atomic mass is 9.82. The Balaban J connectivity index is 1.56. The molecule has 4 aromatic heterocycles. The van der Waals surface area contributed by atoms with Gasteiger partial charge in [-0.2, -0.15) is 0 Å². The van der Waals surface area contributed by atoms with Crippen molar-refractivity contribution in [3.63, 3.8) is 0 Å². The fourth-order valence-electron chi connectivity index (χ4n) is 4.35. The second-order valence-corrected chi connectivity index (χ2v) is 10.2. The molecule has 0 radical (unpaired) electrons. The molecule has 0 unspecified atom stereocenters. The van der Waals surface area contributed by atoms with Crippen molar-refractivity contribution in [2.24, 2.45) is 0 Å². The highest BCUT2D eigenvalue weighted by molar-refractivity contribution is 7.22. The van der Waals surface area contributed by atoms with Gasteiger partial charge >= 0.3 is 0 Å². The van der Waals surface area contributed by atoms with Crippen molar-refractivity contribution >= 4 is 43.3 Å². The summed E-state index contributed by atoms with van der Waals surface area (Å²) in [5.74, 6) is 0. The molecule has 0 amide bonds. The van der Waals surface area contributed by atoms with Gasteiger partial charge in [-0.1, -0.05) is 45.0 Å². The fourth-order valence-corrected chi connectivity index (χ4v) is 5.49. The predicted molar refractivity (Wildman–Crippen MR) is 134 cm³/mol. The largest absolute Gasteiger partial charge is 0.463 e. The molecule has 0 atom stereocenters. The molecule has 0 bridgehead atoms. The van der Waals surface area contributed by atoms with Crippen molar-refractivity contribution in [1.29, 1.82) is 0 Å². The average molecular weight is 435 g/mol. The van der Waals surface area contributed by atoms with Gasteiger partial charge in [0.1, 0.15) is 5.52 Å². The molecule has 0 aliphatic heterocycles. The number of thiophene rings is 1. The van der Waals surface area contributed by atoms with E-state index in [0.29, 0.717) is 0 Å². The Morgan fingerprint density at radius 1 is 0.875 bits per heavy atom. The minimum atomic E-state index is 0.0358. The van der Waals surface area contributed by atoms with Gasteiger partial charge in [-0.25, -0.2) is 4.98 Å². The van der Waals surface area contributed by atoms with Crippen molar-refractivity contribution in [3.05, 3.63) is 84.8 Å². The number of aromatic nitrogens is 2. The highest BCUT2D eigenvalue weighted by Crippen LogP contribution is 2.40. The summed E-state index contributed by atoms with van der Waals surface area (Å²) in [4.78, 5) is 10.8. The molecule has 2 aromatic carbocycles. The van der Waals surface area contributed by atoms with E-state index in [4.69, 9.17) is 14.4 Å². The van der Waals surface area contributed by atoms with Crippen LogP contribution in [0.1, 0.15) is 26.3 Å². The molecule has 0 aliphatic rings. The number of nitrogens with zero attached hydrogens (tertiary/aromatic N) is 2. The minimum absolute atomic E-state index is 0.0358. The van der Waals surface area contributed by atoms with E-state index in [-0.39, 0.29) is 5.41 Å². The van der Waals surface area contributed by atoms with Gasteiger partial charge in [-0.3, -0.25) is 4.98 Å². The van der Waals surface area contributed by atoms with Crippen LogP contribution in [0.15, 0.2) is 83.6 Å². The molecule has 32 heavy (non-hydrogen) atoms. The molecule has 0 spiro atoms. The maximum absolute atomic E-state index is 5.45. The number of benzene rings is 2. The van der Waals surface area contributed by atoms with E-state index >= 15 is 0 Å². The van der Waals surface area contributed by atoms with Gasteiger partial charge in [-0.05, 0) is 63.5 Å². The molecule has 4 heterocycles. The number of rotatable bonds is 2. The normalized spacial score (nSPS) is 12.2. The van der Waals surface area contributed by atoms with Crippen LogP contribution in [-0.4, -0.2) is 9.97 Å². The first-order chi connectivity index (χ1) is 15.5. The summed E-state index contributed by atoms with van der Waals surface area (Å²) in [6.45, 7) is 6.81. The number of hydrogen-bond donors (Lipinski definition) is 0. The molecule has 3 nitrogen and oxygen atoms in total. The summed E-state index contributed by atoms with van der Waals surface area (Å²) in [5, 5.41) is 3.74. The Bertz CT molecular complexity index is 1620. The summed E-state index contributed by atoms with van der Waals surface area (Å²) >= 11 is 1.75. The topological polar surface area (TPSA) is 38.9 Å². The lowest BCUT2D eigenvalue weighted by Crippen LogP contribution is -2.12. The smallest absolute Gasteiger partial charge is 0.152 e. The van der Waals surface area contributed by atoms with Gasteiger partial charge in [0.2, 0.25) is 0 Å². The molecular weight excluding hydrogens is 412 g/mol. The van der Waals surface area contributed by atoms with Crippen LogP contribution in [0, 0.1) is 0 Å². The van der Waals surface area contributed by atoms with E-state index in [1.54, 1.807) is 17.6 Å². The highest BCUT2D eigenvalue weighted by Gasteiger charge is 2.20. The van der Waals surface area contributed by atoms with Crippen LogP contribution < -0.4 is 0 Å². The van der Waals surface area contributed by atoms with Crippen LogP contribution in [-0.2, 0) is 5.41 Å². The van der Waals surface area contributed by atoms with Gasteiger partial charge in [0, 0.05) is 17.8 Å². The lowest BCUT2D eigenvalue weighted by Gasteiger charge is -2.22. The van der Waals surface area contributed by atoms with Crippen molar-refractivity contribution in [3.8, 4) is 21.8 Å². The SMILES string of the molecule is CC(C)(C)c1cc(-c2nccc3cc(-c4ccc5occc5n4)sc23)cc2ccccc12. The third-order valence-electron chi connectivity index (χ3n) is 5.94. The third-order valence-corrected chi connectivity index (χ3v) is 7.12. The van der Waals surface area contributed by atoms with Crippen molar-refractivity contribution in [1.82, 2.24) is 9.97 Å². The van der Waals surface area contributed by atoms with Crippen LogP contribution in [0.5, 0.6) is 0 Å². The molecule has 0 fully saturated rings.